The predicted octanol–water partition coefficient (Wildman–Crippen LogP) is 2.08. The number of benzene rings is 1. The van der Waals surface area contributed by atoms with Crippen LogP contribution in [-0.4, -0.2) is 45.2 Å². The number of rotatable bonds is 2. The van der Waals surface area contributed by atoms with E-state index in [0.29, 0.717) is 30.0 Å². The minimum absolute atomic E-state index is 0.0109. The minimum atomic E-state index is -1.67. The van der Waals surface area contributed by atoms with Gasteiger partial charge in [0.05, 0.1) is 11.6 Å². The first-order chi connectivity index (χ1) is 16.8. The SMILES string of the molecule is CC(C)CN1C(=O)NC(=O)[C@]2(Cc3c(nc4ccccn4c3=O)N3CCc4ccccc4[C@H]32)C1=O. The zero-order valence-corrected chi connectivity index (χ0v) is 19.5. The van der Waals surface area contributed by atoms with Crippen molar-refractivity contribution in [2.24, 2.45) is 11.3 Å². The summed E-state index contributed by atoms with van der Waals surface area (Å²) >= 11 is 0. The maximum atomic E-state index is 14.2. The van der Waals surface area contributed by atoms with Gasteiger partial charge in [0.2, 0.25) is 11.8 Å². The lowest BCUT2D eigenvalue weighted by atomic mass is 9.65. The molecule has 0 unspecified atom stereocenters. The van der Waals surface area contributed by atoms with Crippen molar-refractivity contribution >= 4 is 29.3 Å². The maximum absolute atomic E-state index is 14.2. The van der Waals surface area contributed by atoms with E-state index in [1.807, 2.05) is 49.1 Å². The third kappa shape index (κ3) is 2.90. The first-order valence-electron chi connectivity index (χ1n) is 11.8. The number of barbiturate groups is 1. The first kappa shape index (κ1) is 21.5. The second-order valence-corrected chi connectivity index (χ2v) is 9.91. The van der Waals surface area contributed by atoms with E-state index in [4.69, 9.17) is 4.98 Å². The van der Waals surface area contributed by atoms with E-state index in [-0.39, 0.29) is 24.4 Å². The van der Waals surface area contributed by atoms with Crippen molar-refractivity contribution in [1.82, 2.24) is 19.6 Å². The van der Waals surface area contributed by atoms with E-state index in [1.54, 1.807) is 18.3 Å². The van der Waals surface area contributed by atoms with Gasteiger partial charge in [0, 0.05) is 25.7 Å². The fraction of sp³-hybridized carbons (Fsp3) is 0.346. The smallest absolute Gasteiger partial charge is 0.330 e. The van der Waals surface area contributed by atoms with Crippen LogP contribution in [0.4, 0.5) is 10.6 Å². The van der Waals surface area contributed by atoms with Gasteiger partial charge in [-0.25, -0.2) is 9.78 Å². The lowest BCUT2D eigenvalue weighted by molar-refractivity contribution is -0.154. The molecule has 3 aliphatic rings. The highest BCUT2D eigenvalue weighted by atomic mass is 16.2. The van der Waals surface area contributed by atoms with Crippen molar-refractivity contribution in [3.63, 3.8) is 0 Å². The highest BCUT2D eigenvalue weighted by molar-refractivity contribution is 6.20. The van der Waals surface area contributed by atoms with Crippen LogP contribution < -0.4 is 15.8 Å². The number of nitrogens with one attached hydrogen (secondary N) is 1. The van der Waals surface area contributed by atoms with Gasteiger partial charge in [-0.2, -0.15) is 0 Å². The number of hydrogen-bond donors (Lipinski definition) is 1. The molecule has 0 saturated carbocycles. The van der Waals surface area contributed by atoms with Crippen molar-refractivity contribution in [2.75, 3.05) is 18.0 Å². The molecule has 1 spiro atoms. The number of imide groups is 2. The summed E-state index contributed by atoms with van der Waals surface area (Å²) in [6, 6.07) is 11.7. The fourth-order valence-corrected chi connectivity index (χ4v) is 5.84. The number of carbonyl (C=O) groups is 3. The number of amides is 4. The van der Waals surface area contributed by atoms with E-state index < -0.39 is 29.3 Å². The summed E-state index contributed by atoms with van der Waals surface area (Å²) in [6.07, 6.45) is 2.18. The van der Waals surface area contributed by atoms with Gasteiger partial charge >= 0.3 is 6.03 Å². The Morgan fingerprint density at radius 3 is 2.66 bits per heavy atom. The summed E-state index contributed by atoms with van der Waals surface area (Å²) in [5, 5.41) is 2.45. The molecule has 0 aliphatic carbocycles. The second kappa shape index (κ2) is 7.49. The van der Waals surface area contributed by atoms with Crippen LogP contribution in [0.5, 0.6) is 0 Å². The summed E-state index contributed by atoms with van der Waals surface area (Å²) < 4.78 is 1.44. The van der Waals surface area contributed by atoms with Gasteiger partial charge in [0.15, 0.2) is 5.41 Å². The molecule has 4 amide bonds. The van der Waals surface area contributed by atoms with Crippen LogP contribution in [-0.2, 0) is 22.4 Å². The molecule has 35 heavy (non-hydrogen) atoms. The molecule has 178 valence electrons. The number of hydrogen-bond acceptors (Lipinski definition) is 6. The van der Waals surface area contributed by atoms with Crippen LogP contribution in [0.3, 0.4) is 0 Å². The van der Waals surface area contributed by atoms with Crippen molar-refractivity contribution in [3.8, 4) is 0 Å². The normalized spacial score (nSPS) is 23.4. The average Bonchev–Trinajstić information content (AvgIpc) is 2.85. The average molecular weight is 472 g/mol. The third-order valence-corrected chi connectivity index (χ3v) is 7.33. The maximum Gasteiger partial charge on any atom is 0.330 e. The standard InChI is InChI=1S/C26H25N5O4/c1-15(2)14-31-24(34)26(23(33)28-25(31)35)13-18-21(27-19-9-5-6-11-29(19)22(18)32)30-12-10-16-7-3-4-8-17(16)20(26)30/h3-9,11,15,20H,10,12-14H2,1-2H3,(H,28,33,35)/t20-,26+/m0/s1. The number of fused-ring (bicyclic) bond motifs is 7. The summed E-state index contributed by atoms with van der Waals surface area (Å²) in [5.74, 6) is -0.715. The Kier molecular flexibility index (Phi) is 4.61. The zero-order chi connectivity index (χ0) is 24.5. The number of pyridine rings is 1. The van der Waals surface area contributed by atoms with Crippen molar-refractivity contribution in [2.45, 2.75) is 32.7 Å². The Bertz CT molecular complexity index is 1480. The molecule has 1 aromatic carbocycles. The summed E-state index contributed by atoms with van der Waals surface area (Å²) in [6.45, 7) is 4.48. The number of urea groups is 1. The molecule has 3 aliphatic heterocycles. The van der Waals surface area contributed by atoms with Gasteiger partial charge in [-0.05, 0) is 35.6 Å². The van der Waals surface area contributed by atoms with Gasteiger partial charge in [-0.1, -0.05) is 44.2 Å². The fourth-order valence-electron chi connectivity index (χ4n) is 5.84. The molecule has 2 aromatic heterocycles. The molecular weight excluding hydrogens is 446 g/mol. The first-order valence-corrected chi connectivity index (χ1v) is 11.8. The van der Waals surface area contributed by atoms with Crippen LogP contribution in [0.25, 0.3) is 5.65 Å². The Morgan fingerprint density at radius 1 is 1.09 bits per heavy atom. The molecule has 1 fully saturated rings. The topological polar surface area (TPSA) is 104 Å². The van der Waals surface area contributed by atoms with E-state index in [1.165, 1.54) is 4.40 Å². The highest BCUT2D eigenvalue weighted by Crippen LogP contribution is 2.52. The molecule has 9 heteroatoms. The van der Waals surface area contributed by atoms with Gasteiger partial charge in [-0.15, -0.1) is 0 Å². The Balaban J connectivity index is 1.65. The van der Waals surface area contributed by atoms with Crippen LogP contribution in [0, 0.1) is 11.3 Å². The largest absolute Gasteiger partial charge is 0.347 e. The van der Waals surface area contributed by atoms with Gasteiger partial charge in [-0.3, -0.25) is 29.0 Å². The summed E-state index contributed by atoms with van der Waals surface area (Å²) in [7, 11) is 0. The number of carbonyl (C=O) groups excluding carboxylic acids is 3. The number of anilines is 1. The molecule has 5 heterocycles. The Labute approximate surface area is 201 Å². The predicted molar refractivity (Wildman–Crippen MR) is 128 cm³/mol. The van der Waals surface area contributed by atoms with Gasteiger partial charge < -0.3 is 4.90 Å². The van der Waals surface area contributed by atoms with E-state index >= 15 is 0 Å². The summed E-state index contributed by atoms with van der Waals surface area (Å²) in [4.78, 5) is 62.2. The number of aromatic nitrogens is 2. The van der Waals surface area contributed by atoms with Crippen LogP contribution >= 0.6 is 0 Å². The molecule has 1 N–H and O–H groups in total. The molecule has 0 bridgehead atoms. The quantitative estimate of drug-likeness (QED) is 0.574. The van der Waals surface area contributed by atoms with Crippen LogP contribution in [0.15, 0.2) is 53.5 Å². The zero-order valence-electron chi connectivity index (χ0n) is 19.5. The molecule has 9 nitrogen and oxygen atoms in total. The Hall–Kier alpha value is -4.01. The molecule has 3 aromatic rings. The van der Waals surface area contributed by atoms with Gasteiger partial charge in [0.1, 0.15) is 11.5 Å². The van der Waals surface area contributed by atoms with Crippen molar-refractivity contribution in [1.29, 1.82) is 0 Å². The lowest BCUT2D eigenvalue weighted by Crippen LogP contribution is -2.70. The molecule has 2 atom stereocenters. The molecule has 0 radical (unpaired) electrons. The minimum Gasteiger partial charge on any atom is -0.347 e. The molecular formula is C26H25N5O4. The van der Waals surface area contributed by atoms with Crippen molar-refractivity contribution in [3.05, 3.63) is 75.7 Å². The number of nitrogens with zero attached hydrogens (tertiary/aromatic N) is 4. The van der Waals surface area contributed by atoms with Gasteiger partial charge in [0.25, 0.3) is 5.56 Å². The van der Waals surface area contributed by atoms with E-state index in [0.717, 1.165) is 16.0 Å². The Morgan fingerprint density at radius 2 is 1.86 bits per heavy atom. The van der Waals surface area contributed by atoms with Crippen LogP contribution in [0.2, 0.25) is 0 Å². The third-order valence-electron chi connectivity index (χ3n) is 7.33. The highest BCUT2D eigenvalue weighted by Gasteiger charge is 2.64. The van der Waals surface area contributed by atoms with Crippen molar-refractivity contribution < 1.29 is 14.4 Å². The summed E-state index contributed by atoms with van der Waals surface area (Å²) in [5.41, 5.74) is 0.724. The van der Waals surface area contributed by atoms with E-state index in [2.05, 4.69) is 5.32 Å². The van der Waals surface area contributed by atoms with Crippen LogP contribution in [0.1, 0.15) is 36.6 Å². The van der Waals surface area contributed by atoms with E-state index in [9.17, 15) is 19.2 Å². The monoisotopic (exact) mass is 471 g/mol. The molecule has 6 rings (SSSR count). The lowest BCUT2D eigenvalue weighted by Gasteiger charge is -2.53. The molecule has 1 saturated heterocycles. The second-order valence-electron chi connectivity index (χ2n) is 9.91.